The Labute approximate surface area is 92.9 Å². The molecular formula is C14H22O. The van der Waals surface area contributed by atoms with E-state index < -0.39 is 0 Å². The van der Waals surface area contributed by atoms with Crippen LogP contribution >= 0.6 is 0 Å². The summed E-state index contributed by atoms with van der Waals surface area (Å²) in [6.45, 7) is 7.04. The van der Waals surface area contributed by atoms with Gasteiger partial charge in [-0.25, -0.2) is 0 Å². The minimum atomic E-state index is 0.300. The van der Waals surface area contributed by atoms with Crippen molar-refractivity contribution in [2.24, 2.45) is 11.8 Å². The lowest BCUT2D eigenvalue weighted by atomic mass is 9.68. The van der Waals surface area contributed by atoms with Gasteiger partial charge in [-0.1, -0.05) is 20.8 Å². The highest BCUT2D eigenvalue weighted by molar-refractivity contribution is 5.13. The molecule has 1 aliphatic carbocycles. The predicted octanol–water partition coefficient (Wildman–Crippen LogP) is 4.38. The van der Waals surface area contributed by atoms with Crippen LogP contribution in [0.5, 0.6) is 0 Å². The lowest BCUT2D eigenvalue weighted by Gasteiger charge is -2.37. The molecule has 0 aromatic carbocycles. The van der Waals surface area contributed by atoms with E-state index in [2.05, 4.69) is 26.8 Å². The van der Waals surface area contributed by atoms with Crippen molar-refractivity contribution in [3.8, 4) is 0 Å². The largest absolute Gasteiger partial charge is 0.469 e. The Bertz CT molecular complexity index is 289. The van der Waals surface area contributed by atoms with E-state index in [-0.39, 0.29) is 0 Å². The second-order valence-electron chi connectivity index (χ2n) is 5.62. The Balaban J connectivity index is 2.03. The van der Waals surface area contributed by atoms with Crippen LogP contribution in [0.2, 0.25) is 0 Å². The molecule has 0 saturated heterocycles. The van der Waals surface area contributed by atoms with Gasteiger partial charge in [0.05, 0.1) is 6.26 Å². The molecule has 0 aliphatic heterocycles. The fourth-order valence-corrected chi connectivity index (χ4v) is 2.81. The topological polar surface area (TPSA) is 13.1 Å². The van der Waals surface area contributed by atoms with E-state index >= 15 is 0 Å². The summed E-state index contributed by atoms with van der Waals surface area (Å²) in [5.74, 6) is 2.95. The Morgan fingerprint density at radius 2 is 2.00 bits per heavy atom. The van der Waals surface area contributed by atoms with Gasteiger partial charge in [0.25, 0.3) is 0 Å². The van der Waals surface area contributed by atoms with E-state index in [4.69, 9.17) is 4.42 Å². The first-order chi connectivity index (χ1) is 7.12. The van der Waals surface area contributed by atoms with Crippen molar-refractivity contribution < 1.29 is 4.42 Å². The quantitative estimate of drug-likeness (QED) is 0.699. The van der Waals surface area contributed by atoms with E-state index in [0.717, 1.165) is 11.8 Å². The van der Waals surface area contributed by atoms with Crippen molar-refractivity contribution in [1.82, 2.24) is 0 Å². The monoisotopic (exact) mass is 206 g/mol. The molecule has 1 saturated carbocycles. The van der Waals surface area contributed by atoms with E-state index in [1.54, 1.807) is 6.26 Å². The van der Waals surface area contributed by atoms with Crippen LogP contribution in [0.4, 0.5) is 0 Å². The van der Waals surface area contributed by atoms with E-state index in [1.807, 2.05) is 6.07 Å². The number of rotatable bonds is 2. The standard InChI is InChI=1S/C14H22O/c1-11(2)12-6-8-14(3,9-7-12)13-5-4-10-15-13/h4-5,10-12H,6-9H2,1-3H3. The molecule has 1 heterocycles. The summed E-state index contributed by atoms with van der Waals surface area (Å²) in [5.41, 5.74) is 0.300. The molecule has 0 bridgehead atoms. The smallest absolute Gasteiger partial charge is 0.109 e. The first-order valence-corrected chi connectivity index (χ1v) is 6.16. The average molecular weight is 206 g/mol. The Kier molecular flexibility index (Phi) is 2.90. The lowest BCUT2D eigenvalue weighted by molar-refractivity contribution is 0.183. The average Bonchev–Trinajstić information content (AvgIpc) is 2.71. The summed E-state index contributed by atoms with van der Waals surface area (Å²) in [6.07, 6.45) is 7.07. The van der Waals surface area contributed by atoms with Gasteiger partial charge in [-0.3, -0.25) is 0 Å². The van der Waals surface area contributed by atoms with Crippen molar-refractivity contribution in [1.29, 1.82) is 0 Å². The molecule has 0 unspecified atom stereocenters. The molecule has 1 aromatic heterocycles. The molecule has 1 heteroatoms. The van der Waals surface area contributed by atoms with Crippen LogP contribution in [0, 0.1) is 11.8 Å². The van der Waals surface area contributed by atoms with E-state index in [1.165, 1.54) is 31.4 Å². The molecule has 1 aromatic rings. The van der Waals surface area contributed by atoms with Crippen LogP contribution in [0.15, 0.2) is 22.8 Å². The zero-order chi connectivity index (χ0) is 10.9. The van der Waals surface area contributed by atoms with Gasteiger partial charge in [0.15, 0.2) is 0 Å². The van der Waals surface area contributed by atoms with Gasteiger partial charge in [-0.05, 0) is 49.7 Å². The van der Waals surface area contributed by atoms with Gasteiger partial charge >= 0.3 is 0 Å². The van der Waals surface area contributed by atoms with Crippen molar-refractivity contribution in [2.75, 3.05) is 0 Å². The summed E-state index contributed by atoms with van der Waals surface area (Å²) in [4.78, 5) is 0. The summed E-state index contributed by atoms with van der Waals surface area (Å²) >= 11 is 0. The third kappa shape index (κ3) is 2.11. The highest BCUT2D eigenvalue weighted by Crippen LogP contribution is 2.43. The maximum absolute atomic E-state index is 5.57. The van der Waals surface area contributed by atoms with E-state index in [9.17, 15) is 0 Å². The first-order valence-electron chi connectivity index (χ1n) is 6.16. The molecule has 84 valence electrons. The molecule has 1 nitrogen and oxygen atoms in total. The van der Waals surface area contributed by atoms with Gasteiger partial charge in [0.2, 0.25) is 0 Å². The number of hydrogen-bond donors (Lipinski definition) is 0. The molecule has 0 amide bonds. The van der Waals surface area contributed by atoms with Crippen LogP contribution in [0.1, 0.15) is 52.2 Å². The van der Waals surface area contributed by atoms with Gasteiger partial charge in [0.1, 0.15) is 5.76 Å². The van der Waals surface area contributed by atoms with Crippen molar-refractivity contribution in [3.63, 3.8) is 0 Å². The third-order valence-electron chi connectivity index (χ3n) is 4.19. The molecule has 0 atom stereocenters. The molecule has 1 fully saturated rings. The van der Waals surface area contributed by atoms with Gasteiger partial charge in [0, 0.05) is 5.41 Å². The number of hydrogen-bond acceptors (Lipinski definition) is 1. The lowest BCUT2D eigenvalue weighted by Crippen LogP contribution is -2.29. The maximum atomic E-state index is 5.57. The molecule has 15 heavy (non-hydrogen) atoms. The molecule has 0 spiro atoms. The fourth-order valence-electron chi connectivity index (χ4n) is 2.81. The van der Waals surface area contributed by atoms with E-state index in [0.29, 0.717) is 5.41 Å². The normalized spacial score (nSPS) is 32.1. The van der Waals surface area contributed by atoms with Crippen LogP contribution in [-0.4, -0.2) is 0 Å². The minimum absolute atomic E-state index is 0.300. The molecule has 0 N–H and O–H groups in total. The van der Waals surface area contributed by atoms with Crippen molar-refractivity contribution in [2.45, 2.75) is 51.9 Å². The molecule has 2 rings (SSSR count). The van der Waals surface area contributed by atoms with Gasteiger partial charge in [-0.2, -0.15) is 0 Å². The summed E-state index contributed by atoms with van der Waals surface area (Å²) in [5, 5.41) is 0. The van der Waals surface area contributed by atoms with Crippen LogP contribution in [0.25, 0.3) is 0 Å². The summed E-state index contributed by atoms with van der Waals surface area (Å²) in [7, 11) is 0. The highest BCUT2D eigenvalue weighted by atomic mass is 16.3. The number of furan rings is 1. The van der Waals surface area contributed by atoms with Crippen molar-refractivity contribution in [3.05, 3.63) is 24.2 Å². The molecular weight excluding hydrogens is 184 g/mol. The zero-order valence-electron chi connectivity index (χ0n) is 10.1. The zero-order valence-corrected chi connectivity index (χ0v) is 10.1. The molecule has 0 radical (unpaired) electrons. The Morgan fingerprint density at radius 1 is 1.33 bits per heavy atom. The van der Waals surface area contributed by atoms with Crippen molar-refractivity contribution >= 4 is 0 Å². The van der Waals surface area contributed by atoms with Gasteiger partial charge < -0.3 is 4.42 Å². The minimum Gasteiger partial charge on any atom is -0.469 e. The van der Waals surface area contributed by atoms with Crippen LogP contribution in [0.3, 0.4) is 0 Å². The maximum Gasteiger partial charge on any atom is 0.109 e. The summed E-state index contributed by atoms with van der Waals surface area (Å²) in [6, 6.07) is 4.14. The SMILES string of the molecule is CC(C)C1CCC(C)(c2ccco2)CC1. The first kappa shape index (κ1) is 10.8. The highest BCUT2D eigenvalue weighted by Gasteiger charge is 2.35. The summed E-state index contributed by atoms with van der Waals surface area (Å²) < 4.78 is 5.57. The Morgan fingerprint density at radius 3 is 2.47 bits per heavy atom. The van der Waals surface area contributed by atoms with Crippen LogP contribution < -0.4 is 0 Å². The third-order valence-corrected chi connectivity index (χ3v) is 4.19. The van der Waals surface area contributed by atoms with Gasteiger partial charge in [-0.15, -0.1) is 0 Å². The second kappa shape index (κ2) is 4.03. The predicted molar refractivity (Wildman–Crippen MR) is 62.9 cm³/mol. The van der Waals surface area contributed by atoms with Crippen LogP contribution in [-0.2, 0) is 5.41 Å². The Hall–Kier alpha value is -0.720. The second-order valence-corrected chi connectivity index (χ2v) is 5.62. The molecule has 1 aliphatic rings. The fraction of sp³-hybridized carbons (Fsp3) is 0.714.